The zero-order valence-electron chi connectivity index (χ0n) is 21.7. The van der Waals surface area contributed by atoms with Crippen molar-refractivity contribution in [3.8, 4) is 5.75 Å². The number of benzene rings is 2. The van der Waals surface area contributed by atoms with Crippen molar-refractivity contribution in [2.45, 2.75) is 51.1 Å². The molecule has 0 bridgehead atoms. The summed E-state index contributed by atoms with van der Waals surface area (Å²) in [4.78, 5) is 40.3. The largest absolute Gasteiger partial charge is 0.494 e. The number of carbonyl (C=O) groups excluding carboxylic acids is 3. The highest BCUT2D eigenvalue weighted by atomic mass is 16.5. The van der Waals surface area contributed by atoms with Crippen molar-refractivity contribution in [1.29, 1.82) is 0 Å². The molecule has 0 aliphatic carbocycles. The Kier molecular flexibility index (Phi) is 13.3. The molecule has 2 amide bonds. The number of carbonyl (C=O) groups is 3. The van der Waals surface area contributed by atoms with Gasteiger partial charge in [-0.2, -0.15) is 0 Å². The molecule has 0 spiro atoms. The molecule has 0 fully saturated rings. The van der Waals surface area contributed by atoms with Crippen molar-refractivity contribution in [2.75, 3.05) is 32.8 Å². The Morgan fingerprint density at radius 3 is 2.19 bits per heavy atom. The van der Waals surface area contributed by atoms with E-state index in [2.05, 4.69) is 5.32 Å². The summed E-state index contributed by atoms with van der Waals surface area (Å²) in [6.07, 6.45) is 1.90. The maximum atomic E-state index is 13.3. The molecular weight excluding hydrogens is 470 g/mol. The molecule has 2 rings (SSSR count). The van der Waals surface area contributed by atoms with Gasteiger partial charge < -0.3 is 32.2 Å². The summed E-state index contributed by atoms with van der Waals surface area (Å²) in [5.74, 6) is -0.210. The predicted octanol–water partition coefficient (Wildman–Crippen LogP) is 1.17. The van der Waals surface area contributed by atoms with E-state index < -0.39 is 18.0 Å². The number of ketones is 1. The quantitative estimate of drug-likeness (QED) is 0.249. The van der Waals surface area contributed by atoms with Crippen LogP contribution in [0.3, 0.4) is 0 Å². The van der Waals surface area contributed by atoms with Crippen molar-refractivity contribution in [3.05, 3.63) is 65.7 Å². The van der Waals surface area contributed by atoms with E-state index in [4.69, 9.17) is 21.9 Å². The summed E-state index contributed by atoms with van der Waals surface area (Å²) in [7, 11) is 0. The number of rotatable bonds is 17. The van der Waals surface area contributed by atoms with E-state index in [1.807, 2.05) is 61.5 Å². The third-order valence-electron chi connectivity index (χ3n) is 5.93. The molecule has 0 saturated carbocycles. The lowest BCUT2D eigenvalue weighted by Gasteiger charge is -2.24. The second-order valence-electron chi connectivity index (χ2n) is 8.99. The molecule has 202 valence electrons. The third-order valence-corrected chi connectivity index (χ3v) is 5.93. The number of amides is 2. The lowest BCUT2D eigenvalue weighted by Crippen LogP contribution is -2.51. The highest BCUT2D eigenvalue weighted by molar-refractivity contribution is 5.93. The first-order valence-electron chi connectivity index (χ1n) is 12.9. The predicted molar refractivity (Wildman–Crippen MR) is 145 cm³/mol. The van der Waals surface area contributed by atoms with Gasteiger partial charge in [0.05, 0.1) is 25.1 Å². The number of Topliss-reactive ketones (excluding diaryl/α,β-unsaturated/α-hetero) is 1. The Morgan fingerprint density at radius 2 is 1.59 bits per heavy atom. The van der Waals surface area contributed by atoms with Crippen LogP contribution in [0.25, 0.3) is 0 Å². The van der Waals surface area contributed by atoms with Crippen LogP contribution >= 0.6 is 0 Å². The Balaban J connectivity index is 2.06. The molecule has 0 saturated heterocycles. The molecule has 0 heterocycles. The van der Waals surface area contributed by atoms with Crippen LogP contribution < -0.4 is 27.3 Å². The smallest absolute Gasteiger partial charge is 0.238 e. The minimum atomic E-state index is -1.09. The summed E-state index contributed by atoms with van der Waals surface area (Å²) in [6.45, 7) is 3.92. The zero-order valence-corrected chi connectivity index (χ0v) is 21.7. The Morgan fingerprint density at radius 1 is 0.946 bits per heavy atom. The van der Waals surface area contributed by atoms with E-state index in [0.717, 1.165) is 23.3 Å². The fourth-order valence-corrected chi connectivity index (χ4v) is 3.88. The second kappa shape index (κ2) is 16.5. The van der Waals surface area contributed by atoms with Crippen LogP contribution in [-0.2, 0) is 27.2 Å². The highest BCUT2D eigenvalue weighted by Gasteiger charge is 2.26. The average Bonchev–Trinajstić information content (AvgIpc) is 2.90. The fraction of sp³-hybridized carbons (Fsp3) is 0.464. The van der Waals surface area contributed by atoms with Gasteiger partial charge in [-0.05, 0) is 42.5 Å². The second-order valence-corrected chi connectivity index (χ2v) is 8.99. The number of hydrogen-bond acceptors (Lipinski definition) is 7. The van der Waals surface area contributed by atoms with E-state index in [0.29, 0.717) is 32.5 Å². The van der Waals surface area contributed by atoms with Crippen LogP contribution in [0, 0.1) is 0 Å². The monoisotopic (exact) mass is 511 g/mol. The maximum absolute atomic E-state index is 13.3. The van der Waals surface area contributed by atoms with Gasteiger partial charge in [-0.1, -0.05) is 49.4 Å². The van der Waals surface area contributed by atoms with Crippen LogP contribution in [0.2, 0.25) is 0 Å². The van der Waals surface area contributed by atoms with Crippen molar-refractivity contribution >= 4 is 17.6 Å². The van der Waals surface area contributed by atoms with Gasteiger partial charge in [0, 0.05) is 32.6 Å². The van der Waals surface area contributed by atoms with Crippen LogP contribution in [0.15, 0.2) is 54.6 Å². The molecule has 2 aromatic carbocycles. The van der Waals surface area contributed by atoms with E-state index >= 15 is 0 Å². The molecule has 9 heteroatoms. The Bertz CT molecular complexity index is 962. The number of ether oxygens (including phenoxy) is 1. The van der Waals surface area contributed by atoms with E-state index in [1.54, 1.807) is 0 Å². The molecule has 7 N–H and O–H groups in total. The first-order valence-corrected chi connectivity index (χ1v) is 12.9. The third kappa shape index (κ3) is 10.7. The first-order chi connectivity index (χ1) is 17.9. The average molecular weight is 512 g/mol. The normalized spacial score (nSPS) is 12.4. The molecule has 9 nitrogen and oxygen atoms in total. The molecular formula is C28H41N5O4. The molecule has 0 aliphatic rings. The molecule has 0 aliphatic heterocycles. The standard InChI is InChI=1S/C28H41N5O4/c1-2-18-37-23-11-8-22(9-12-23)19-26(34)25(13-10-21-6-4-3-5-7-21)32-28(36)24(31)20-27(35)33(16-14-29)17-15-30/h3-9,11-12,24-25H,2,10,13-20,29-31H2,1H3,(H,32,36)/t24-,25-/m0/s1. The van der Waals surface area contributed by atoms with Crippen LogP contribution in [0.4, 0.5) is 0 Å². The highest BCUT2D eigenvalue weighted by Crippen LogP contribution is 2.15. The van der Waals surface area contributed by atoms with Gasteiger partial charge in [0.2, 0.25) is 11.8 Å². The number of nitrogens with one attached hydrogen (secondary N) is 1. The van der Waals surface area contributed by atoms with E-state index in [9.17, 15) is 14.4 Å². The van der Waals surface area contributed by atoms with Gasteiger partial charge in [-0.25, -0.2) is 0 Å². The van der Waals surface area contributed by atoms with Crippen molar-refractivity contribution < 1.29 is 19.1 Å². The van der Waals surface area contributed by atoms with Gasteiger partial charge in [-0.3, -0.25) is 14.4 Å². The maximum Gasteiger partial charge on any atom is 0.238 e. The number of hydrogen-bond donors (Lipinski definition) is 4. The lowest BCUT2D eigenvalue weighted by atomic mass is 9.97. The van der Waals surface area contributed by atoms with Gasteiger partial charge in [-0.15, -0.1) is 0 Å². The van der Waals surface area contributed by atoms with Crippen molar-refractivity contribution in [3.63, 3.8) is 0 Å². The van der Waals surface area contributed by atoms with E-state index in [1.165, 1.54) is 4.90 Å². The number of nitrogens with zero attached hydrogens (tertiary/aromatic N) is 1. The summed E-state index contributed by atoms with van der Waals surface area (Å²) < 4.78 is 5.61. The lowest BCUT2D eigenvalue weighted by molar-refractivity contribution is -0.134. The van der Waals surface area contributed by atoms with Gasteiger partial charge in [0.25, 0.3) is 0 Å². The molecule has 2 atom stereocenters. The van der Waals surface area contributed by atoms with Crippen molar-refractivity contribution in [1.82, 2.24) is 10.2 Å². The van der Waals surface area contributed by atoms with Gasteiger partial charge in [0.1, 0.15) is 5.75 Å². The molecule has 2 aromatic rings. The minimum Gasteiger partial charge on any atom is -0.494 e. The van der Waals surface area contributed by atoms with Crippen LogP contribution in [0.5, 0.6) is 5.75 Å². The SMILES string of the molecule is CCCOc1ccc(CC(=O)[C@H](CCc2ccccc2)NC(=O)[C@@H](N)CC(=O)N(CCN)CCN)cc1. The molecule has 0 aromatic heterocycles. The summed E-state index contributed by atoms with van der Waals surface area (Å²) >= 11 is 0. The molecule has 37 heavy (non-hydrogen) atoms. The van der Waals surface area contributed by atoms with Crippen molar-refractivity contribution in [2.24, 2.45) is 17.2 Å². The van der Waals surface area contributed by atoms with Gasteiger partial charge in [0.15, 0.2) is 5.78 Å². The van der Waals surface area contributed by atoms with Crippen LogP contribution in [-0.4, -0.2) is 67.4 Å². The number of nitrogens with two attached hydrogens (primary N) is 3. The Labute approximate surface area is 219 Å². The summed E-state index contributed by atoms with van der Waals surface area (Å²) in [5, 5.41) is 2.80. The topological polar surface area (TPSA) is 154 Å². The van der Waals surface area contributed by atoms with E-state index in [-0.39, 0.29) is 37.6 Å². The minimum absolute atomic E-state index is 0.127. The zero-order chi connectivity index (χ0) is 27.0. The summed E-state index contributed by atoms with van der Waals surface area (Å²) in [5.41, 5.74) is 19.1. The number of aryl methyl sites for hydroxylation is 1. The summed E-state index contributed by atoms with van der Waals surface area (Å²) in [6, 6.07) is 15.3. The van der Waals surface area contributed by atoms with Crippen LogP contribution in [0.1, 0.15) is 37.3 Å². The Hall–Kier alpha value is -3.27. The molecule has 0 radical (unpaired) electrons. The van der Waals surface area contributed by atoms with Gasteiger partial charge >= 0.3 is 0 Å². The molecule has 0 unspecified atom stereocenters. The fourth-order valence-electron chi connectivity index (χ4n) is 3.88. The first kappa shape index (κ1) is 30.0.